The lowest BCUT2D eigenvalue weighted by Gasteiger charge is -2.12. The first kappa shape index (κ1) is 23.5. The Morgan fingerprint density at radius 1 is 1.18 bits per heavy atom. The van der Waals surface area contributed by atoms with E-state index >= 15 is 0 Å². The largest absolute Gasteiger partial charge is 0.489 e. The van der Waals surface area contributed by atoms with Crippen molar-refractivity contribution in [3.05, 3.63) is 81.3 Å². The van der Waals surface area contributed by atoms with Crippen molar-refractivity contribution in [2.75, 3.05) is 17.7 Å². The molecule has 0 aliphatic carbocycles. The zero-order chi connectivity index (χ0) is 24.2. The number of thiophene rings is 1. The second-order valence-electron chi connectivity index (χ2n) is 7.47. The van der Waals surface area contributed by atoms with E-state index < -0.39 is 5.97 Å². The number of ether oxygens (including phenoxy) is 2. The number of carbonyl (C=O) groups excluding carboxylic acids is 2. The van der Waals surface area contributed by atoms with Crippen molar-refractivity contribution in [2.45, 2.75) is 20.5 Å². The van der Waals surface area contributed by atoms with Crippen LogP contribution >= 0.6 is 22.9 Å². The maximum absolute atomic E-state index is 12.7. The van der Waals surface area contributed by atoms with E-state index in [9.17, 15) is 9.59 Å². The summed E-state index contributed by atoms with van der Waals surface area (Å²) in [5, 5.41) is 5.99. The van der Waals surface area contributed by atoms with Gasteiger partial charge in [0.25, 0.3) is 5.91 Å². The van der Waals surface area contributed by atoms with Crippen LogP contribution in [-0.4, -0.2) is 23.5 Å². The molecule has 3 N–H and O–H groups in total. The summed E-state index contributed by atoms with van der Waals surface area (Å²) in [5.74, 6) is 0.178. The van der Waals surface area contributed by atoms with Gasteiger partial charge in [-0.2, -0.15) is 0 Å². The smallest absolute Gasteiger partial charge is 0.341 e. The Balaban J connectivity index is 1.54. The van der Waals surface area contributed by atoms with Crippen molar-refractivity contribution >= 4 is 56.4 Å². The number of hydrogen-bond donors (Lipinski definition) is 2. The molecule has 1 amide bonds. The summed E-state index contributed by atoms with van der Waals surface area (Å²) in [5.41, 5.74) is 9.26. The van der Waals surface area contributed by atoms with Gasteiger partial charge < -0.3 is 20.5 Å². The number of halogens is 1. The minimum Gasteiger partial charge on any atom is -0.489 e. The van der Waals surface area contributed by atoms with Gasteiger partial charge in [-0.1, -0.05) is 17.7 Å². The maximum atomic E-state index is 12.7. The maximum Gasteiger partial charge on any atom is 0.341 e. The van der Waals surface area contributed by atoms with E-state index in [0.29, 0.717) is 43.5 Å². The lowest BCUT2D eigenvalue weighted by Crippen LogP contribution is -2.12. The molecule has 0 atom stereocenters. The van der Waals surface area contributed by atoms with E-state index in [1.807, 2.05) is 18.4 Å². The number of nitrogens with two attached hydrogens (primary N) is 1. The molecule has 2 aromatic heterocycles. The van der Waals surface area contributed by atoms with Gasteiger partial charge in [-0.3, -0.25) is 4.79 Å². The van der Waals surface area contributed by atoms with E-state index in [1.165, 1.54) is 17.5 Å². The van der Waals surface area contributed by atoms with Crippen LogP contribution < -0.4 is 15.8 Å². The predicted octanol–water partition coefficient (Wildman–Crippen LogP) is 5.85. The molecule has 0 unspecified atom stereocenters. The Morgan fingerprint density at radius 2 is 1.94 bits per heavy atom. The summed E-state index contributed by atoms with van der Waals surface area (Å²) < 4.78 is 11.9. The van der Waals surface area contributed by atoms with Crippen molar-refractivity contribution in [1.29, 1.82) is 0 Å². The predicted molar refractivity (Wildman–Crippen MR) is 135 cm³/mol. The first-order valence-electron chi connectivity index (χ1n) is 10.5. The van der Waals surface area contributed by atoms with Crippen LogP contribution in [0, 0.1) is 6.92 Å². The molecule has 0 aliphatic heterocycles. The number of fused-ring (bicyclic) bond motifs is 1. The molecule has 0 bridgehead atoms. The van der Waals surface area contributed by atoms with E-state index in [-0.39, 0.29) is 19.1 Å². The normalized spacial score (nSPS) is 10.8. The standard InChI is InChI=1S/C25H22ClN3O4S/c1-3-32-25(31)19-11-28-23(27)21-16(13-34-22(19)21)12-33-20-10-15(5-4-14(20)2)24(30)29-18-8-6-17(26)7-9-18/h4-11,13H,3,12H2,1-2H3,(H2,27,28)(H,29,30). The van der Waals surface area contributed by atoms with Gasteiger partial charge >= 0.3 is 5.97 Å². The molecule has 2 aromatic carbocycles. The van der Waals surface area contributed by atoms with Gasteiger partial charge in [0, 0.05) is 33.4 Å². The second-order valence-corrected chi connectivity index (χ2v) is 8.79. The number of rotatable bonds is 7. The molecule has 4 rings (SSSR count). The van der Waals surface area contributed by atoms with Gasteiger partial charge in [-0.05, 0) is 61.2 Å². The summed E-state index contributed by atoms with van der Waals surface area (Å²) in [7, 11) is 0. The molecule has 174 valence electrons. The zero-order valence-corrected chi connectivity index (χ0v) is 20.1. The molecule has 34 heavy (non-hydrogen) atoms. The SMILES string of the molecule is CCOC(=O)c1cnc(N)c2c(COc3cc(C(=O)Nc4ccc(Cl)cc4)ccc3C)csc12. The average Bonchev–Trinajstić information content (AvgIpc) is 3.25. The molecular weight excluding hydrogens is 474 g/mol. The lowest BCUT2D eigenvalue weighted by molar-refractivity contribution is 0.0528. The van der Waals surface area contributed by atoms with E-state index in [1.54, 1.807) is 43.3 Å². The van der Waals surface area contributed by atoms with E-state index in [2.05, 4.69) is 10.3 Å². The van der Waals surface area contributed by atoms with Crippen molar-refractivity contribution in [3.8, 4) is 5.75 Å². The van der Waals surface area contributed by atoms with Crippen LogP contribution in [0.3, 0.4) is 0 Å². The summed E-state index contributed by atoms with van der Waals surface area (Å²) in [6, 6.07) is 12.1. The number of amides is 1. The van der Waals surface area contributed by atoms with Gasteiger partial charge in [-0.15, -0.1) is 11.3 Å². The molecule has 7 nitrogen and oxygen atoms in total. The molecule has 4 aromatic rings. The highest BCUT2D eigenvalue weighted by Gasteiger charge is 2.19. The number of nitrogens with one attached hydrogen (secondary N) is 1. The minimum atomic E-state index is -0.440. The Kier molecular flexibility index (Phi) is 7.00. The number of pyridine rings is 1. The fourth-order valence-corrected chi connectivity index (χ4v) is 4.57. The Bertz CT molecular complexity index is 1370. The number of hydrogen-bond acceptors (Lipinski definition) is 7. The van der Waals surface area contributed by atoms with Gasteiger partial charge in [0.05, 0.1) is 16.9 Å². The monoisotopic (exact) mass is 495 g/mol. The van der Waals surface area contributed by atoms with Crippen LogP contribution in [0.1, 0.15) is 38.8 Å². The highest BCUT2D eigenvalue weighted by Crippen LogP contribution is 2.34. The number of anilines is 2. The highest BCUT2D eigenvalue weighted by molar-refractivity contribution is 7.17. The Morgan fingerprint density at radius 3 is 2.68 bits per heavy atom. The lowest BCUT2D eigenvalue weighted by atomic mass is 10.1. The van der Waals surface area contributed by atoms with E-state index in [0.717, 1.165) is 11.1 Å². The van der Waals surface area contributed by atoms with Gasteiger partial charge in [-0.25, -0.2) is 9.78 Å². The fourth-order valence-electron chi connectivity index (χ4n) is 3.38. The van der Waals surface area contributed by atoms with E-state index in [4.69, 9.17) is 26.8 Å². The number of aromatic nitrogens is 1. The quantitative estimate of drug-likeness (QED) is 0.312. The molecule has 0 radical (unpaired) electrons. The molecular formula is C25H22ClN3O4S. The van der Waals surface area contributed by atoms with Crippen LogP contribution in [-0.2, 0) is 11.3 Å². The molecule has 0 spiro atoms. The second kappa shape index (κ2) is 10.1. The summed E-state index contributed by atoms with van der Waals surface area (Å²) in [6.07, 6.45) is 1.43. The van der Waals surface area contributed by atoms with Crippen LogP contribution in [0.25, 0.3) is 10.1 Å². The molecule has 0 saturated carbocycles. The molecule has 0 saturated heterocycles. The third kappa shape index (κ3) is 4.98. The first-order valence-corrected chi connectivity index (χ1v) is 11.7. The number of aryl methyl sites for hydroxylation is 1. The average molecular weight is 496 g/mol. The Hall–Kier alpha value is -3.62. The summed E-state index contributed by atoms with van der Waals surface area (Å²) in [6.45, 7) is 4.12. The minimum absolute atomic E-state index is 0.196. The van der Waals surface area contributed by atoms with Crippen molar-refractivity contribution in [2.24, 2.45) is 0 Å². The zero-order valence-electron chi connectivity index (χ0n) is 18.6. The molecule has 0 aliphatic rings. The first-order chi connectivity index (χ1) is 16.4. The number of benzene rings is 2. The summed E-state index contributed by atoms with van der Waals surface area (Å²) in [4.78, 5) is 29.1. The third-order valence-electron chi connectivity index (χ3n) is 5.13. The topological polar surface area (TPSA) is 104 Å². The van der Waals surface area contributed by atoms with Crippen molar-refractivity contribution in [1.82, 2.24) is 4.98 Å². The van der Waals surface area contributed by atoms with Crippen LogP contribution in [0.2, 0.25) is 5.02 Å². The number of nitrogen functional groups attached to an aromatic ring is 1. The number of nitrogens with zero attached hydrogens (tertiary/aromatic N) is 1. The number of esters is 1. The molecule has 9 heteroatoms. The van der Waals surface area contributed by atoms with Crippen LogP contribution in [0.15, 0.2) is 54.0 Å². The van der Waals surface area contributed by atoms with Crippen molar-refractivity contribution < 1.29 is 19.1 Å². The van der Waals surface area contributed by atoms with Gasteiger partial charge in [0.15, 0.2) is 0 Å². The van der Waals surface area contributed by atoms with Crippen LogP contribution in [0.4, 0.5) is 11.5 Å². The molecule has 0 fully saturated rings. The highest BCUT2D eigenvalue weighted by atomic mass is 35.5. The summed E-state index contributed by atoms with van der Waals surface area (Å²) >= 11 is 7.29. The fraction of sp³-hybridized carbons (Fsp3) is 0.160. The Labute approximate surface area is 205 Å². The number of carbonyl (C=O) groups is 2. The van der Waals surface area contributed by atoms with Crippen LogP contribution in [0.5, 0.6) is 5.75 Å². The molecule has 2 heterocycles. The van der Waals surface area contributed by atoms with Crippen molar-refractivity contribution in [3.63, 3.8) is 0 Å². The van der Waals surface area contributed by atoms with Gasteiger partial charge in [0.2, 0.25) is 0 Å². The third-order valence-corrected chi connectivity index (χ3v) is 6.45. The van der Waals surface area contributed by atoms with Gasteiger partial charge in [0.1, 0.15) is 18.2 Å².